The number of ether oxygens (including phenoxy) is 1. The van der Waals surface area contributed by atoms with Crippen LogP contribution >= 0.6 is 0 Å². The van der Waals surface area contributed by atoms with Crippen LogP contribution in [0, 0.1) is 12.7 Å². The molecule has 2 heterocycles. The van der Waals surface area contributed by atoms with E-state index in [1.54, 1.807) is 6.07 Å². The summed E-state index contributed by atoms with van der Waals surface area (Å²) in [7, 11) is 0. The minimum absolute atomic E-state index is 0.279. The van der Waals surface area contributed by atoms with E-state index in [1.165, 1.54) is 12.1 Å². The lowest BCUT2D eigenvalue weighted by Crippen LogP contribution is -2.31. The lowest BCUT2D eigenvalue weighted by Gasteiger charge is -2.22. The number of hydrogen-bond acceptors (Lipinski definition) is 4. The Bertz CT molecular complexity index is 663. The van der Waals surface area contributed by atoms with Crippen molar-refractivity contribution < 1.29 is 13.5 Å². The molecular weight excluding hydrogens is 259 g/mol. The van der Waals surface area contributed by atoms with Crippen molar-refractivity contribution in [2.45, 2.75) is 25.8 Å². The Morgan fingerprint density at radius 1 is 1.40 bits per heavy atom. The molecule has 1 aromatic heterocycles. The number of furan rings is 1. The van der Waals surface area contributed by atoms with Gasteiger partial charge in [0.05, 0.1) is 6.61 Å². The number of fused-ring (bicyclic) bond motifs is 1. The molecule has 1 unspecified atom stereocenters. The van der Waals surface area contributed by atoms with E-state index in [9.17, 15) is 4.39 Å². The van der Waals surface area contributed by atoms with Gasteiger partial charge in [-0.2, -0.15) is 0 Å². The summed E-state index contributed by atoms with van der Waals surface area (Å²) in [5, 5.41) is 0.761. The fourth-order valence-corrected chi connectivity index (χ4v) is 2.55. The molecule has 106 valence electrons. The van der Waals surface area contributed by atoms with Crippen LogP contribution in [0.15, 0.2) is 34.5 Å². The molecule has 0 saturated carbocycles. The number of nitrogens with two attached hydrogens (primary N) is 1. The molecule has 0 amide bonds. The second-order valence-electron chi connectivity index (χ2n) is 4.93. The molecule has 0 spiro atoms. The Labute approximate surface area is 116 Å². The van der Waals surface area contributed by atoms with Gasteiger partial charge in [0, 0.05) is 10.9 Å². The van der Waals surface area contributed by atoms with E-state index >= 15 is 0 Å². The van der Waals surface area contributed by atoms with Crippen LogP contribution in [-0.2, 0) is 4.74 Å². The van der Waals surface area contributed by atoms with Crippen LogP contribution in [0.2, 0.25) is 0 Å². The predicted octanol–water partition coefficient (Wildman–Crippen LogP) is 3.08. The third kappa shape index (κ3) is 2.19. The number of allylic oxidation sites excluding steroid dienone is 1. The molecule has 2 aromatic rings. The summed E-state index contributed by atoms with van der Waals surface area (Å²) in [6.45, 7) is 2.58. The maximum absolute atomic E-state index is 13.3. The molecule has 1 aliphatic heterocycles. The van der Waals surface area contributed by atoms with E-state index in [0.29, 0.717) is 18.0 Å². The van der Waals surface area contributed by atoms with Crippen molar-refractivity contribution in [3.8, 4) is 0 Å². The largest absolute Gasteiger partial charge is 0.496 e. The van der Waals surface area contributed by atoms with Crippen molar-refractivity contribution in [3.63, 3.8) is 0 Å². The van der Waals surface area contributed by atoms with Gasteiger partial charge in [-0.25, -0.2) is 9.82 Å². The van der Waals surface area contributed by atoms with E-state index in [2.05, 4.69) is 5.43 Å². The van der Waals surface area contributed by atoms with Gasteiger partial charge in [0.1, 0.15) is 29.0 Å². The highest BCUT2D eigenvalue weighted by Gasteiger charge is 2.25. The highest BCUT2D eigenvalue weighted by molar-refractivity contribution is 5.82. The molecule has 1 atom stereocenters. The highest BCUT2D eigenvalue weighted by atomic mass is 19.1. The van der Waals surface area contributed by atoms with E-state index in [4.69, 9.17) is 15.0 Å². The zero-order valence-electron chi connectivity index (χ0n) is 11.3. The standard InChI is InChI=1S/C15H17FN2O2/c1-9-11-8-10(16)5-6-12(11)20-15(9)14(18-17)13-4-2-3-7-19-13/h4-6,8,14,18H,2-3,7,17H2,1H3. The van der Waals surface area contributed by atoms with E-state index < -0.39 is 0 Å². The van der Waals surface area contributed by atoms with E-state index in [1.807, 2.05) is 13.0 Å². The zero-order valence-corrected chi connectivity index (χ0v) is 11.3. The summed E-state index contributed by atoms with van der Waals surface area (Å²) in [5.74, 6) is 6.81. The Hall–Kier alpha value is -1.85. The molecule has 1 aromatic carbocycles. The maximum Gasteiger partial charge on any atom is 0.136 e. The summed E-state index contributed by atoms with van der Waals surface area (Å²) >= 11 is 0. The van der Waals surface area contributed by atoms with Gasteiger partial charge in [0.2, 0.25) is 0 Å². The summed E-state index contributed by atoms with van der Waals surface area (Å²) in [5.41, 5.74) is 4.25. The van der Waals surface area contributed by atoms with Crippen LogP contribution in [0.5, 0.6) is 0 Å². The summed E-state index contributed by atoms with van der Waals surface area (Å²) in [6, 6.07) is 4.15. The second kappa shape index (κ2) is 5.26. The number of rotatable bonds is 3. The fraction of sp³-hybridized carbons (Fsp3) is 0.333. The molecular formula is C15H17FN2O2. The van der Waals surface area contributed by atoms with Crippen LogP contribution in [0.4, 0.5) is 4.39 Å². The topological polar surface area (TPSA) is 60.4 Å². The number of hydrogen-bond donors (Lipinski definition) is 2. The predicted molar refractivity (Wildman–Crippen MR) is 74.2 cm³/mol. The van der Waals surface area contributed by atoms with Crippen molar-refractivity contribution >= 4 is 11.0 Å². The van der Waals surface area contributed by atoms with Crippen molar-refractivity contribution in [2.24, 2.45) is 5.84 Å². The molecule has 0 radical (unpaired) electrons. The Kier molecular flexibility index (Phi) is 3.46. The molecule has 5 heteroatoms. The third-order valence-corrected chi connectivity index (χ3v) is 3.61. The minimum Gasteiger partial charge on any atom is -0.496 e. The maximum atomic E-state index is 13.3. The molecule has 0 saturated heterocycles. The van der Waals surface area contributed by atoms with Gasteiger partial charge in [-0.15, -0.1) is 0 Å². The van der Waals surface area contributed by atoms with Gasteiger partial charge in [-0.3, -0.25) is 5.84 Å². The third-order valence-electron chi connectivity index (χ3n) is 3.61. The van der Waals surface area contributed by atoms with Crippen molar-refractivity contribution in [1.82, 2.24) is 5.43 Å². The second-order valence-corrected chi connectivity index (χ2v) is 4.93. The summed E-state index contributed by atoms with van der Waals surface area (Å²) < 4.78 is 24.8. The van der Waals surface area contributed by atoms with E-state index in [-0.39, 0.29) is 11.9 Å². The van der Waals surface area contributed by atoms with Crippen LogP contribution in [0.3, 0.4) is 0 Å². The molecule has 3 rings (SSSR count). The molecule has 0 aliphatic carbocycles. The normalized spacial score (nSPS) is 16.9. The fourth-order valence-electron chi connectivity index (χ4n) is 2.55. The number of halogens is 1. The van der Waals surface area contributed by atoms with Crippen molar-refractivity contribution in [3.05, 3.63) is 47.2 Å². The number of hydrazine groups is 1. The monoisotopic (exact) mass is 276 g/mol. The average molecular weight is 276 g/mol. The van der Waals surface area contributed by atoms with Crippen LogP contribution in [0.1, 0.15) is 30.2 Å². The summed E-state index contributed by atoms with van der Waals surface area (Å²) in [4.78, 5) is 0. The van der Waals surface area contributed by atoms with Gasteiger partial charge in [-0.05, 0) is 44.0 Å². The van der Waals surface area contributed by atoms with Gasteiger partial charge in [0.25, 0.3) is 0 Å². The first-order chi connectivity index (χ1) is 9.70. The van der Waals surface area contributed by atoms with Crippen LogP contribution in [0.25, 0.3) is 11.0 Å². The van der Waals surface area contributed by atoms with Gasteiger partial charge >= 0.3 is 0 Å². The molecule has 3 N–H and O–H groups in total. The molecule has 0 fully saturated rings. The number of aryl methyl sites for hydroxylation is 1. The molecule has 1 aliphatic rings. The number of nitrogens with one attached hydrogen (secondary N) is 1. The highest BCUT2D eigenvalue weighted by Crippen LogP contribution is 2.34. The molecule has 20 heavy (non-hydrogen) atoms. The first kappa shape index (κ1) is 13.1. The first-order valence-electron chi connectivity index (χ1n) is 6.68. The number of benzene rings is 1. The van der Waals surface area contributed by atoms with Gasteiger partial charge in [-0.1, -0.05) is 0 Å². The Balaban J connectivity index is 2.07. The van der Waals surface area contributed by atoms with Crippen molar-refractivity contribution in [1.29, 1.82) is 0 Å². The molecule has 4 nitrogen and oxygen atoms in total. The lowest BCUT2D eigenvalue weighted by molar-refractivity contribution is 0.162. The van der Waals surface area contributed by atoms with E-state index in [0.717, 1.165) is 29.6 Å². The van der Waals surface area contributed by atoms with Gasteiger partial charge in [0.15, 0.2) is 0 Å². The minimum atomic E-state index is -0.342. The Morgan fingerprint density at radius 3 is 2.95 bits per heavy atom. The average Bonchev–Trinajstić information content (AvgIpc) is 2.78. The van der Waals surface area contributed by atoms with Crippen molar-refractivity contribution in [2.75, 3.05) is 6.61 Å². The zero-order chi connectivity index (χ0) is 14.1. The summed E-state index contributed by atoms with van der Waals surface area (Å²) in [6.07, 6.45) is 3.98. The van der Waals surface area contributed by atoms with Gasteiger partial charge < -0.3 is 9.15 Å². The Morgan fingerprint density at radius 2 is 2.25 bits per heavy atom. The molecule has 0 bridgehead atoms. The first-order valence-corrected chi connectivity index (χ1v) is 6.68. The lowest BCUT2D eigenvalue weighted by atomic mass is 10.0. The van der Waals surface area contributed by atoms with Crippen LogP contribution < -0.4 is 11.3 Å². The SMILES string of the molecule is Cc1c(C(NN)C2=CCCCO2)oc2ccc(F)cc12. The van der Waals surface area contributed by atoms with Crippen LogP contribution in [-0.4, -0.2) is 6.61 Å². The smallest absolute Gasteiger partial charge is 0.136 e. The quantitative estimate of drug-likeness (QED) is 0.668.